The van der Waals surface area contributed by atoms with Crippen molar-refractivity contribution in [2.75, 3.05) is 0 Å². The van der Waals surface area contributed by atoms with Crippen molar-refractivity contribution in [1.29, 1.82) is 0 Å². The molecule has 1 aromatic carbocycles. The van der Waals surface area contributed by atoms with E-state index in [2.05, 4.69) is 15.4 Å². The number of hydrogen-bond acceptors (Lipinski definition) is 3. The maximum Gasteiger partial charge on any atom is 0.253 e. The molecule has 0 radical (unpaired) electrons. The molecule has 0 aliphatic rings. The molecule has 0 aliphatic heterocycles. The van der Waals surface area contributed by atoms with Crippen LogP contribution in [0.2, 0.25) is 0 Å². The molecule has 0 atom stereocenters. The lowest BCUT2D eigenvalue weighted by Crippen LogP contribution is -2.24. The van der Waals surface area contributed by atoms with Crippen molar-refractivity contribution in [3.05, 3.63) is 62.6 Å². The van der Waals surface area contributed by atoms with E-state index in [-0.39, 0.29) is 17.9 Å². The lowest BCUT2D eigenvalue weighted by Gasteiger charge is -2.08. The highest BCUT2D eigenvalue weighted by Crippen LogP contribution is 2.21. The summed E-state index contributed by atoms with van der Waals surface area (Å²) in [5.41, 5.74) is 5.25. The fourth-order valence-electron chi connectivity index (χ4n) is 3.29. The molecule has 136 valence electrons. The molecule has 2 aromatic heterocycles. The molecule has 6 nitrogen and oxygen atoms in total. The minimum absolute atomic E-state index is 0.0626. The SMILES string of the molecule is Cc1ccc(CNC(=O)CCc2c(C)c3c(C)nn(C)c3[nH]c2=O)cc1. The van der Waals surface area contributed by atoms with Crippen LogP contribution in [0.25, 0.3) is 11.0 Å². The number of H-pyrrole nitrogens is 1. The molecular weight excluding hydrogens is 328 g/mol. The number of nitrogens with zero attached hydrogens (tertiary/aromatic N) is 2. The van der Waals surface area contributed by atoms with Gasteiger partial charge in [-0.2, -0.15) is 5.10 Å². The number of nitrogens with one attached hydrogen (secondary N) is 2. The van der Waals surface area contributed by atoms with E-state index >= 15 is 0 Å². The molecule has 1 amide bonds. The number of aryl methyl sites for hydroxylation is 4. The van der Waals surface area contributed by atoms with Crippen LogP contribution < -0.4 is 10.9 Å². The monoisotopic (exact) mass is 352 g/mol. The van der Waals surface area contributed by atoms with E-state index in [0.29, 0.717) is 18.5 Å². The first-order valence-corrected chi connectivity index (χ1v) is 8.74. The number of pyridine rings is 1. The van der Waals surface area contributed by atoms with Crippen LogP contribution in [0, 0.1) is 20.8 Å². The van der Waals surface area contributed by atoms with Crippen molar-refractivity contribution < 1.29 is 4.79 Å². The Balaban J connectivity index is 1.69. The van der Waals surface area contributed by atoms with Gasteiger partial charge >= 0.3 is 0 Å². The second-order valence-corrected chi connectivity index (χ2v) is 6.75. The van der Waals surface area contributed by atoms with Crippen molar-refractivity contribution in [1.82, 2.24) is 20.1 Å². The zero-order valence-electron chi connectivity index (χ0n) is 15.6. The minimum atomic E-state index is -0.149. The Morgan fingerprint density at radius 1 is 1.19 bits per heavy atom. The first-order chi connectivity index (χ1) is 12.4. The van der Waals surface area contributed by atoms with E-state index in [4.69, 9.17) is 0 Å². The average Bonchev–Trinajstić information content (AvgIpc) is 2.88. The van der Waals surface area contributed by atoms with Crippen molar-refractivity contribution in [2.24, 2.45) is 7.05 Å². The smallest absolute Gasteiger partial charge is 0.253 e. The maximum absolute atomic E-state index is 12.4. The second-order valence-electron chi connectivity index (χ2n) is 6.75. The molecule has 2 heterocycles. The quantitative estimate of drug-likeness (QED) is 0.740. The van der Waals surface area contributed by atoms with Gasteiger partial charge in [0.2, 0.25) is 5.91 Å². The summed E-state index contributed by atoms with van der Waals surface area (Å²) in [7, 11) is 1.81. The Hall–Kier alpha value is -2.89. The van der Waals surface area contributed by atoms with E-state index in [0.717, 1.165) is 27.9 Å². The molecule has 0 unspecified atom stereocenters. The van der Waals surface area contributed by atoms with Crippen LogP contribution in [0.4, 0.5) is 0 Å². The number of hydrogen-bond donors (Lipinski definition) is 2. The highest BCUT2D eigenvalue weighted by molar-refractivity contribution is 5.83. The molecule has 0 spiro atoms. The van der Waals surface area contributed by atoms with Crippen LogP contribution in [0.15, 0.2) is 29.1 Å². The first-order valence-electron chi connectivity index (χ1n) is 8.74. The average molecular weight is 352 g/mol. The van der Waals surface area contributed by atoms with Gasteiger partial charge in [0, 0.05) is 31.0 Å². The van der Waals surface area contributed by atoms with Gasteiger partial charge in [0.25, 0.3) is 5.56 Å². The molecule has 0 saturated heterocycles. The third-order valence-electron chi connectivity index (χ3n) is 4.77. The Bertz CT molecular complexity index is 1010. The maximum atomic E-state index is 12.4. The van der Waals surface area contributed by atoms with E-state index in [1.54, 1.807) is 4.68 Å². The fourth-order valence-corrected chi connectivity index (χ4v) is 3.29. The number of benzene rings is 1. The zero-order valence-corrected chi connectivity index (χ0v) is 15.6. The Labute approximate surface area is 152 Å². The predicted octanol–water partition coefficient (Wildman–Crippen LogP) is 2.44. The van der Waals surface area contributed by atoms with Crippen LogP contribution in [0.5, 0.6) is 0 Å². The van der Waals surface area contributed by atoms with E-state index in [1.807, 2.05) is 52.1 Å². The molecule has 0 aliphatic carbocycles. The molecule has 3 aromatic rings. The summed E-state index contributed by atoms with van der Waals surface area (Å²) >= 11 is 0. The first kappa shape index (κ1) is 17.9. The summed E-state index contributed by atoms with van der Waals surface area (Å²) in [6, 6.07) is 8.05. The zero-order chi connectivity index (χ0) is 18.8. The summed E-state index contributed by atoms with van der Waals surface area (Å²) in [6.07, 6.45) is 0.686. The Morgan fingerprint density at radius 3 is 2.58 bits per heavy atom. The molecule has 0 saturated carbocycles. The molecule has 6 heteroatoms. The van der Waals surface area contributed by atoms with Crippen LogP contribution in [-0.2, 0) is 24.8 Å². The number of fused-ring (bicyclic) bond motifs is 1. The van der Waals surface area contributed by atoms with E-state index < -0.39 is 0 Å². The van der Waals surface area contributed by atoms with Gasteiger partial charge in [-0.3, -0.25) is 14.3 Å². The van der Waals surface area contributed by atoms with Gasteiger partial charge in [-0.05, 0) is 38.3 Å². The Morgan fingerprint density at radius 2 is 1.88 bits per heavy atom. The summed E-state index contributed by atoms with van der Waals surface area (Å²) in [4.78, 5) is 27.5. The molecule has 3 rings (SSSR count). The molecule has 0 fully saturated rings. The Kier molecular flexibility index (Phi) is 4.93. The van der Waals surface area contributed by atoms with Gasteiger partial charge in [0.15, 0.2) is 0 Å². The predicted molar refractivity (Wildman–Crippen MR) is 102 cm³/mol. The summed E-state index contributed by atoms with van der Waals surface area (Å²) in [6.45, 7) is 6.37. The number of rotatable bonds is 5. The third-order valence-corrected chi connectivity index (χ3v) is 4.77. The molecule has 0 bridgehead atoms. The highest BCUT2D eigenvalue weighted by atomic mass is 16.1. The second kappa shape index (κ2) is 7.15. The van der Waals surface area contributed by atoms with Crippen molar-refractivity contribution in [3.63, 3.8) is 0 Å². The highest BCUT2D eigenvalue weighted by Gasteiger charge is 2.15. The lowest BCUT2D eigenvalue weighted by atomic mass is 10.0. The fraction of sp³-hybridized carbons (Fsp3) is 0.350. The van der Waals surface area contributed by atoms with Crippen LogP contribution in [-0.4, -0.2) is 20.7 Å². The molecule has 26 heavy (non-hydrogen) atoms. The summed E-state index contributed by atoms with van der Waals surface area (Å²) in [5.74, 6) is -0.0626. The van der Waals surface area contributed by atoms with Gasteiger partial charge in [-0.15, -0.1) is 0 Å². The number of aromatic amines is 1. The van der Waals surface area contributed by atoms with Crippen LogP contribution in [0.1, 0.15) is 34.4 Å². The number of carbonyl (C=O) groups is 1. The standard InChI is InChI=1S/C20H24N4O2/c1-12-5-7-15(8-6-12)11-21-17(25)10-9-16-13(2)18-14(3)23-24(4)19(18)22-20(16)26/h5-8H,9-11H2,1-4H3,(H,21,25)(H,22,26). The third kappa shape index (κ3) is 3.54. The van der Waals surface area contributed by atoms with Crippen molar-refractivity contribution >= 4 is 16.9 Å². The summed E-state index contributed by atoms with van der Waals surface area (Å²) < 4.78 is 1.68. The largest absolute Gasteiger partial charge is 0.352 e. The number of carbonyl (C=O) groups excluding carboxylic acids is 1. The number of amides is 1. The van der Waals surface area contributed by atoms with Crippen molar-refractivity contribution in [2.45, 2.75) is 40.2 Å². The minimum Gasteiger partial charge on any atom is -0.352 e. The van der Waals surface area contributed by atoms with Gasteiger partial charge in [0.1, 0.15) is 5.65 Å². The topological polar surface area (TPSA) is 79.8 Å². The lowest BCUT2D eigenvalue weighted by molar-refractivity contribution is -0.121. The van der Waals surface area contributed by atoms with Gasteiger partial charge in [-0.25, -0.2) is 0 Å². The van der Waals surface area contributed by atoms with E-state index in [9.17, 15) is 9.59 Å². The van der Waals surface area contributed by atoms with Gasteiger partial charge in [0.05, 0.1) is 5.69 Å². The number of aromatic nitrogens is 3. The van der Waals surface area contributed by atoms with Crippen LogP contribution >= 0.6 is 0 Å². The van der Waals surface area contributed by atoms with E-state index in [1.165, 1.54) is 5.56 Å². The van der Waals surface area contributed by atoms with Gasteiger partial charge < -0.3 is 10.3 Å². The molecule has 2 N–H and O–H groups in total. The summed E-state index contributed by atoms with van der Waals surface area (Å²) in [5, 5.41) is 8.24. The van der Waals surface area contributed by atoms with Crippen molar-refractivity contribution in [3.8, 4) is 0 Å². The molecular formula is C20H24N4O2. The normalized spacial score (nSPS) is 11.1. The van der Waals surface area contributed by atoms with Crippen LogP contribution in [0.3, 0.4) is 0 Å². The van der Waals surface area contributed by atoms with Gasteiger partial charge in [-0.1, -0.05) is 29.8 Å².